The van der Waals surface area contributed by atoms with Crippen molar-refractivity contribution in [3.63, 3.8) is 0 Å². The third-order valence-corrected chi connectivity index (χ3v) is 0. The first kappa shape index (κ1) is 8.87. The van der Waals surface area contributed by atoms with Gasteiger partial charge in [0.1, 0.15) is 0 Å². The molecule has 0 saturated carbocycles. The summed E-state index contributed by atoms with van der Waals surface area (Å²) in [6.07, 6.45) is 0. The van der Waals surface area contributed by atoms with E-state index in [9.17, 15) is 0 Å². The zero-order valence-corrected chi connectivity index (χ0v) is 5.02. The summed E-state index contributed by atoms with van der Waals surface area (Å²) in [5, 5.41) is 6.50. The zero-order valence-electron chi connectivity index (χ0n) is 3.02. The minimum atomic E-state index is 1.31. The Labute approximate surface area is 43.4 Å². The van der Waals surface area contributed by atoms with E-state index in [4.69, 9.17) is 5.21 Å². The quantitative estimate of drug-likeness (QED) is 0.300. The molecule has 0 fully saturated rings. The van der Waals surface area contributed by atoms with Gasteiger partial charge >= 0.3 is 32.1 Å². The standard InChI is InChI=1S/CH3.H3NO.Na/c;1-2;/h1H3;2H,1H2;. The first-order valence-corrected chi connectivity index (χ1v) is 3.26. The topological polar surface area (TPSA) is 46.2 Å². The first-order valence-electron chi connectivity index (χ1n) is 1.26. The van der Waals surface area contributed by atoms with Gasteiger partial charge in [0, 0.05) is 0 Å². The maximum atomic E-state index is 6.50. The second-order valence-electron chi connectivity index (χ2n) is 0. The van der Waals surface area contributed by atoms with Gasteiger partial charge in [-0.25, -0.2) is 5.90 Å². The van der Waals surface area contributed by atoms with E-state index in [1.807, 2.05) is 0 Å². The summed E-state index contributed by atoms with van der Waals surface area (Å²) in [6, 6.07) is 0. The molecule has 0 radical (unpaired) electrons. The molecule has 0 aromatic carbocycles. The van der Waals surface area contributed by atoms with Gasteiger partial charge in [-0.05, 0) is 0 Å². The summed E-state index contributed by atoms with van der Waals surface area (Å²) in [7, 11) is 0. The number of hydrogen-bond acceptors (Lipinski definition) is 2. The van der Waals surface area contributed by atoms with E-state index in [1.165, 1.54) is 27.9 Å². The van der Waals surface area contributed by atoms with Crippen LogP contribution in [0.5, 0.6) is 0 Å². The molecule has 0 bridgehead atoms. The van der Waals surface area contributed by atoms with E-state index in [2.05, 4.69) is 10.1 Å². The van der Waals surface area contributed by atoms with Gasteiger partial charge in [-0.3, -0.25) is 0 Å². The van der Waals surface area contributed by atoms with Crippen molar-refractivity contribution in [2.45, 2.75) is 4.17 Å². The normalized spacial score (nSPS) is 3.25. The van der Waals surface area contributed by atoms with Crippen molar-refractivity contribution in [2.75, 3.05) is 0 Å². The fourth-order valence-electron chi connectivity index (χ4n) is 0. The van der Waals surface area contributed by atoms with Gasteiger partial charge in [-0.15, -0.1) is 0 Å². The number of rotatable bonds is 0. The molecule has 0 aromatic rings. The van der Waals surface area contributed by atoms with Crippen LogP contribution in [-0.2, 0) is 0 Å². The SMILES string of the molecule is NO.[CH3][Na]. The fraction of sp³-hybridized carbons (Fsp3) is 1.00. The van der Waals surface area contributed by atoms with Crippen LogP contribution in [0.2, 0.25) is 4.17 Å². The Morgan fingerprint density at radius 1 is 1.50 bits per heavy atom. The fourth-order valence-corrected chi connectivity index (χ4v) is 0. The van der Waals surface area contributed by atoms with Gasteiger partial charge in [0.25, 0.3) is 0 Å². The Kier molecular flexibility index (Phi) is 87.5. The average Bonchev–Trinajstić information content (AvgIpc) is 1.50. The molecule has 0 rings (SSSR count). The first-order chi connectivity index (χ1) is 2.00. The summed E-state index contributed by atoms with van der Waals surface area (Å²) in [4.78, 5) is 0. The Morgan fingerprint density at radius 3 is 1.50 bits per heavy atom. The molecule has 3 N–H and O–H groups in total. The summed E-state index contributed by atoms with van der Waals surface area (Å²) in [5.41, 5.74) is 0. The van der Waals surface area contributed by atoms with E-state index in [0.29, 0.717) is 0 Å². The van der Waals surface area contributed by atoms with Gasteiger partial charge in [0.2, 0.25) is 0 Å². The summed E-state index contributed by atoms with van der Waals surface area (Å²) >= 11 is 1.31. The second-order valence-corrected chi connectivity index (χ2v) is 0. The van der Waals surface area contributed by atoms with E-state index in [0.717, 1.165) is 0 Å². The second kappa shape index (κ2) is 39.5. The summed E-state index contributed by atoms with van der Waals surface area (Å²) < 4.78 is 2.14. The van der Waals surface area contributed by atoms with Gasteiger partial charge in [-0.1, -0.05) is 0 Å². The van der Waals surface area contributed by atoms with Crippen LogP contribution in [0.1, 0.15) is 0 Å². The minimum absolute atomic E-state index is 1.31. The molecule has 4 heavy (non-hydrogen) atoms. The molecule has 22 valence electrons. The Balaban J connectivity index is 0. The molecule has 3 heteroatoms. The predicted molar refractivity (Wildman–Crippen MR) is 17.6 cm³/mol. The van der Waals surface area contributed by atoms with Gasteiger partial charge < -0.3 is 5.21 Å². The van der Waals surface area contributed by atoms with Crippen LogP contribution in [0.3, 0.4) is 0 Å². The third-order valence-electron chi connectivity index (χ3n) is 0. The molecule has 0 heterocycles. The Bertz CT molecular complexity index is 8.00. The van der Waals surface area contributed by atoms with Crippen molar-refractivity contribution in [2.24, 2.45) is 5.90 Å². The third kappa shape index (κ3) is 12.7. The van der Waals surface area contributed by atoms with Crippen LogP contribution in [0.25, 0.3) is 0 Å². The number of nitrogens with two attached hydrogens (primary N) is 1. The molecule has 0 aliphatic carbocycles. The van der Waals surface area contributed by atoms with E-state index in [1.54, 1.807) is 0 Å². The Morgan fingerprint density at radius 2 is 1.50 bits per heavy atom. The van der Waals surface area contributed by atoms with Crippen LogP contribution in [0, 0.1) is 0 Å². The average molecular weight is 71.1 g/mol. The van der Waals surface area contributed by atoms with E-state index < -0.39 is 0 Å². The molecule has 0 spiro atoms. The maximum absolute atomic E-state index is 6.50. The van der Waals surface area contributed by atoms with Crippen LogP contribution < -0.4 is 5.90 Å². The van der Waals surface area contributed by atoms with E-state index >= 15 is 0 Å². The van der Waals surface area contributed by atoms with Gasteiger partial charge in [-0.2, -0.15) is 0 Å². The monoisotopic (exact) mass is 71.0 g/mol. The molecule has 0 aromatic heterocycles. The molecule has 0 aliphatic heterocycles. The van der Waals surface area contributed by atoms with Crippen molar-refractivity contribution in [3.05, 3.63) is 0 Å². The predicted octanol–water partition coefficient (Wildman–Crippen LogP) is -0.463. The summed E-state index contributed by atoms with van der Waals surface area (Å²) in [5.74, 6) is 3.50. The van der Waals surface area contributed by atoms with Crippen LogP contribution in [0.4, 0.5) is 0 Å². The van der Waals surface area contributed by atoms with E-state index in [-0.39, 0.29) is 0 Å². The van der Waals surface area contributed by atoms with Crippen LogP contribution in [-0.4, -0.2) is 33.1 Å². The van der Waals surface area contributed by atoms with Crippen LogP contribution in [0.15, 0.2) is 0 Å². The molecule has 0 amide bonds. The number of hydrogen-bond donors (Lipinski definition) is 2. The molecule has 0 atom stereocenters. The molecule has 2 nitrogen and oxygen atoms in total. The molecular formula is CH6NNaO. The van der Waals surface area contributed by atoms with Crippen molar-refractivity contribution >= 4 is 27.9 Å². The summed E-state index contributed by atoms with van der Waals surface area (Å²) in [6.45, 7) is 0. The van der Waals surface area contributed by atoms with Gasteiger partial charge in [0.15, 0.2) is 0 Å². The molecule has 0 aliphatic rings. The van der Waals surface area contributed by atoms with Crippen molar-refractivity contribution in [1.29, 1.82) is 0 Å². The molecule has 0 saturated heterocycles. The van der Waals surface area contributed by atoms with Crippen LogP contribution >= 0.6 is 0 Å². The molecular weight excluding hydrogens is 65.0 g/mol. The van der Waals surface area contributed by atoms with Crippen molar-refractivity contribution in [3.8, 4) is 0 Å². The Hall–Kier alpha value is 0.920. The zero-order chi connectivity index (χ0) is 4.00. The molecule has 0 unspecified atom stereocenters. The van der Waals surface area contributed by atoms with Gasteiger partial charge in [0.05, 0.1) is 0 Å². The van der Waals surface area contributed by atoms with Crippen molar-refractivity contribution in [1.82, 2.24) is 0 Å². The van der Waals surface area contributed by atoms with Crippen molar-refractivity contribution < 1.29 is 5.21 Å².